The summed E-state index contributed by atoms with van der Waals surface area (Å²) in [7, 11) is 1.92. The van der Waals surface area contributed by atoms with Crippen LogP contribution in [0, 0.1) is 11.8 Å². The van der Waals surface area contributed by atoms with Gasteiger partial charge < -0.3 is 20.0 Å². The lowest BCUT2D eigenvalue weighted by atomic mass is 9.96. The van der Waals surface area contributed by atoms with Crippen molar-refractivity contribution in [2.75, 3.05) is 46.4 Å². The van der Waals surface area contributed by atoms with E-state index in [-0.39, 0.29) is 36.7 Å². The van der Waals surface area contributed by atoms with Crippen molar-refractivity contribution in [3.63, 3.8) is 0 Å². The van der Waals surface area contributed by atoms with Crippen LogP contribution in [0.4, 0.5) is 0 Å². The zero-order valence-electron chi connectivity index (χ0n) is 13.6. The van der Waals surface area contributed by atoms with E-state index in [0.29, 0.717) is 29.4 Å². The number of ketones is 1. The van der Waals surface area contributed by atoms with Gasteiger partial charge in [-0.15, -0.1) is 11.3 Å². The molecule has 2 unspecified atom stereocenters. The first-order valence-electron chi connectivity index (χ1n) is 7.76. The van der Waals surface area contributed by atoms with Crippen molar-refractivity contribution in [3.05, 3.63) is 21.9 Å². The van der Waals surface area contributed by atoms with E-state index in [2.05, 4.69) is 0 Å². The van der Waals surface area contributed by atoms with Crippen LogP contribution in [0.1, 0.15) is 26.3 Å². The highest BCUT2D eigenvalue weighted by molar-refractivity contribution is 7.15. The van der Waals surface area contributed by atoms with Gasteiger partial charge in [0.15, 0.2) is 5.78 Å². The molecule has 0 radical (unpaired) electrons. The van der Waals surface area contributed by atoms with Gasteiger partial charge in [-0.3, -0.25) is 9.59 Å². The first kappa shape index (κ1) is 18.1. The third kappa shape index (κ3) is 4.38. The Labute approximate surface area is 140 Å². The summed E-state index contributed by atoms with van der Waals surface area (Å²) in [6.07, 6.45) is 0. The number of thiophene rings is 1. The zero-order valence-corrected chi connectivity index (χ0v) is 14.4. The molecule has 0 aliphatic carbocycles. The third-order valence-electron chi connectivity index (χ3n) is 4.29. The summed E-state index contributed by atoms with van der Waals surface area (Å²) in [5.74, 6) is 0.126. The Balaban J connectivity index is 2.02. The number of hydrogen-bond donors (Lipinski definition) is 2. The molecule has 0 spiro atoms. The number of likely N-dealkylation sites (tertiary alicyclic amines) is 1. The van der Waals surface area contributed by atoms with Crippen molar-refractivity contribution in [2.24, 2.45) is 11.8 Å². The molecule has 6 nitrogen and oxygen atoms in total. The quantitative estimate of drug-likeness (QED) is 0.709. The van der Waals surface area contributed by atoms with Crippen molar-refractivity contribution >= 4 is 23.0 Å². The molecule has 2 atom stereocenters. The molecule has 2 N–H and O–H groups in total. The fraction of sp³-hybridized carbons (Fsp3) is 0.625. The molecule has 1 aromatic rings. The predicted molar refractivity (Wildman–Crippen MR) is 88.9 cm³/mol. The molecule has 2 heterocycles. The molecule has 2 rings (SSSR count). The van der Waals surface area contributed by atoms with Gasteiger partial charge in [0.05, 0.1) is 16.4 Å². The number of likely N-dealkylation sites (N-methyl/N-ethyl adjacent to an activating group) is 1. The van der Waals surface area contributed by atoms with Gasteiger partial charge in [-0.05, 0) is 32.0 Å². The Kier molecular flexibility index (Phi) is 6.29. The molecule has 0 bridgehead atoms. The van der Waals surface area contributed by atoms with Crippen LogP contribution in [0.2, 0.25) is 0 Å². The molecule has 0 saturated carbocycles. The van der Waals surface area contributed by atoms with Crippen LogP contribution in [-0.4, -0.2) is 78.1 Å². The number of aliphatic hydroxyl groups is 2. The number of hydrogen-bond acceptors (Lipinski definition) is 6. The summed E-state index contributed by atoms with van der Waals surface area (Å²) in [4.78, 5) is 28.9. The lowest BCUT2D eigenvalue weighted by Gasteiger charge is -2.23. The third-order valence-corrected chi connectivity index (χ3v) is 5.46. The maximum atomic E-state index is 12.6. The molecule has 7 heteroatoms. The fourth-order valence-electron chi connectivity index (χ4n) is 2.98. The van der Waals surface area contributed by atoms with Gasteiger partial charge in [-0.1, -0.05) is 0 Å². The normalized spacial score (nSPS) is 21.2. The van der Waals surface area contributed by atoms with E-state index in [1.165, 1.54) is 18.3 Å². The topological polar surface area (TPSA) is 81.1 Å². The molecule has 0 aromatic carbocycles. The molecule has 1 aliphatic rings. The Bertz CT molecular complexity index is 560. The highest BCUT2D eigenvalue weighted by atomic mass is 32.1. The molecular formula is C16H24N2O4S. The van der Waals surface area contributed by atoms with Crippen LogP contribution in [0.5, 0.6) is 0 Å². The van der Waals surface area contributed by atoms with Crippen molar-refractivity contribution in [2.45, 2.75) is 6.92 Å². The van der Waals surface area contributed by atoms with Gasteiger partial charge >= 0.3 is 0 Å². The van der Waals surface area contributed by atoms with Crippen LogP contribution >= 0.6 is 11.3 Å². The Morgan fingerprint density at radius 3 is 2.48 bits per heavy atom. The van der Waals surface area contributed by atoms with E-state index in [1.807, 2.05) is 11.9 Å². The number of Topliss-reactive ketones (excluding diaryl/α,β-unsaturated/α-hetero) is 1. The fourth-order valence-corrected chi connectivity index (χ4v) is 3.85. The molecule has 1 saturated heterocycles. The number of amides is 1. The van der Waals surface area contributed by atoms with E-state index in [1.54, 1.807) is 17.0 Å². The second-order valence-corrected chi connectivity index (χ2v) is 7.20. The van der Waals surface area contributed by atoms with E-state index >= 15 is 0 Å². The largest absolute Gasteiger partial charge is 0.396 e. The minimum atomic E-state index is -0.0757. The van der Waals surface area contributed by atoms with Crippen molar-refractivity contribution in [1.29, 1.82) is 0 Å². The van der Waals surface area contributed by atoms with Crippen molar-refractivity contribution in [1.82, 2.24) is 9.80 Å². The Hall–Kier alpha value is -1.28. The summed E-state index contributed by atoms with van der Waals surface area (Å²) in [5, 5.41) is 18.6. The van der Waals surface area contributed by atoms with Gasteiger partial charge in [0, 0.05) is 38.7 Å². The summed E-state index contributed by atoms with van der Waals surface area (Å²) in [6, 6.07) is 3.38. The standard InChI is InChI=1S/C16H24N2O4S/c1-11(21)14-3-4-15(23-14)16(22)18-8-12(13(9-18)10-20)7-17(2)5-6-19/h3-4,12-13,19-20H,5-10H2,1-2H3. The lowest BCUT2D eigenvalue weighted by Crippen LogP contribution is -2.33. The molecular weight excluding hydrogens is 316 g/mol. The zero-order chi connectivity index (χ0) is 17.0. The minimum Gasteiger partial charge on any atom is -0.396 e. The van der Waals surface area contributed by atoms with Gasteiger partial charge in [0.2, 0.25) is 0 Å². The average Bonchev–Trinajstić information content (AvgIpc) is 3.13. The van der Waals surface area contributed by atoms with E-state index < -0.39 is 0 Å². The highest BCUT2D eigenvalue weighted by Gasteiger charge is 2.36. The molecule has 1 amide bonds. The van der Waals surface area contributed by atoms with Gasteiger partial charge in [0.1, 0.15) is 0 Å². The average molecular weight is 340 g/mol. The van der Waals surface area contributed by atoms with Crippen LogP contribution in [0.25, 0.3) is 0 Å². The van der Waals surface area contributed by atoms with E-state index in [4.69, 9.17) is 5.11 Å². The smallest absolute Gasteiger partial charge is 0.263 e. The van der Waals surface area contributed by atoms with Gasteiger partial charge in [-0.25, -0.2) is 0 Å². The molecule has 1 fully saturated rings. The van der Waals surface area contributed by atoms with E-state index in [9.17, 15) is 14.7 Å². The second-order valence-electron chi connectivity index (χ2n) is 6.12. The van der Waals surface area contributed by atoms with Gasteiger partial charge in [-0.2, -0.15) is 0 Å². The predicted octanol–water partition coefficient (Wildman–Crippen LogP) is 0.555. The maximum absolute atomic E-state index is 12.6. The Morgan fingerprint density at radius 2 is 1.91 bits per heavy atom. The summed E-state index contributed by atoms with van der Waals surface area (Å²) >= 11 is 1.22. The molecule has 128 valence electrons. The summed E-state index contributed by atoms with van der Waals surface area (Å²) in [6.45, 7) is 4.07. The van der Waals surface area contributed by atoms with Gasteiger partial charge in [0.25, 0.3) is 5.91 Å². The summed E-state index contributed by atoms with van der Waals surface area (Å²) < 4.78 is 0. The number of aliphatic hydroxyl groups excluding tert-OH is 2. The summed E-state index contributed by atoms with van der Waals surface area (Å²) in [5.41, 5.74) is 0. The van der Waals surface area contributed by atoms with Crippen LogP contribution in [0.15, 0.2) is 12.1 Å². The highest BCUT2D eigenvalue weighted by Crippen LogP contribution is 2.27. The van der Waals surface area contributed by atoms with Crippen molar-refractivity contribution in [3.8, 4) is 0 Å². The second kappa shape index (κ2) is 8.01. The molecule has 23 heavy (non-hydrogen) atoms. The van der Waals surface area contributed by atoms with E-state index in [0.717, 1.165) is 6.54 Å². The first-order chi connectivity index (χ1) is 11.0. The number of carbonyl (C=O) groups excluding carboxylic acids is 2. The minimum absolute atomic E-state index is 0.0350. The first-order valence-corrected chi connectivity index (χ1v) is 8.58. The monoisotopic (exact) mass is 340 g/mol. The molecule has 1 aromatic heterocycles. The maximum Gasteiger partial charge on any atom is 0.263 e. The SMILES string of the molecule is CC(=O)c1ccc(C(=O)N2CC(CO)C(CN(C)CCO)C2)s1. The number of carbonyl (C=O) groups is 2. The number of rotatable bonds is 7. The Morgan fingerprint density at radius 1 is 1.26 bits per heavy atom. The van der Waals surface area contributed by atoms with Crippen LogP contribution in [-0.2, 0) is 0 Å². The lowest BCUT2D eigenvalue weighted by molar-refractivity contribution is 0.0783. The number of nitrogens with zero attached hydrogens (tertiary/aromatic N) is 2. The van der Waals surface area contributed by atoms with Crippen LogP contribution < -0.4 is 0 Å². The van der Waals surface area contributed by atoms with Crippen LogP contribution in [0.3, 0.4) is 0 Å². The molecule has 1 aliphatic heterocycles. The van der Waals surface area contributed by atoms with Crippen molar-refractivity contribution < 1.29 is 19.8 Å².